The molecule has 161 valence electrons. The van der Waals surface area contributed by atoms with Gasteiger partial charge < -0.3 is 4.90 Å². The minimum absolute atomic E-state index is 1.11. The quantitative estimate of drug-likeness (QED) is 0.184. The molecule has 0 aliphatic carbocycles. The summed E-state index contributed by atoms with van der Waals surface area (Å²) in [5.74, 6) is 0. The van der Waals surface area contributed by atoms with Crippen LogP contribution in [0, 0.1) is 0 Å². The second kappa shape index (κ2) is 12.6. The van der Waals surface area contributed by atoms with E-state index < -0.39 is 7.92 Å². The van der Waals surface area contributed by atoms with Crippen LogP contribution in [0.1, 0.15) is 0 Å². The number of anilines is 1. The average molecular weight is 601 g/mol. The van der Waals surface area contributed by atoms with Gasteiger partial charge >= 0.3 is 39.3 Å². The van der Waals surface area contributed by atoms with Crippen LogP contribution in [0.15, 0.2) is 109 Å². The Balaban J connectivity index is 0.000000858. The monoisotopic (exact) mass is 598 g/mol. The summed E-state index contributed by atoms with van der Waals surface area (Å²) in [6.45, 7) is 0. The summed E-state index contributed by atoms with van der Waals surface area (Å²) < 4.78 is 0. The molecule has 0 atom stereocenters. The van der Waals surface area contributed by atoms with Crippen molar-refractivity contribution in [2.75, 3.05) is 19.0 Å². The van der Waals surface area contributed by atoms with Gasteiger partial charge in [0.25, 0.3) is 0 Å². The Kier molecular flexibility index (Phi) is 9.81. The fourth-order valence-corrected chi connectivity index (χ4v) is 6.47. The molecule has 1 nitrogen and oxygen atoms in total. The molecule has 0 amide bonds. The van der Waals surface area contributed by atoms with Crippen molar-refractivity contribution in [3.05, 3.63) is 109 Å². The molecule has 0 N–H and O–H groups in total. The van der Waals surface area contributed by atoms with Crippen LogP contribution in [-0.4, -0.2) is 14.1 Å². The first-order chi connectivity index (χ1) is 15.2. The summed E-state index contributed by atoms with van der Waals surface area (Å²) >= 11 is 6.00. The summed E-state index contributed by atoms with van der Waals surface area (Å²) in [4.78, 5) is 2.20. The third-order valence-corrected chi connectivity index (χ3v) is 7.79. The van der Waals surface area contributed by atoms with Crippen LogP contribution in [0.4, 0.5) is 5.69 Å². The standard InChI is InChI=1S/C26H24NP.2BrH.Ni/c1-27(2)25-19-11-9-17-23(25)24-18-10-12-20-26(24)28(21-13-5-3-6-14-21)22-15-7-4-8-16-22;;;/h3-20H,1-2H3;2*1H;/q;;;+3/p-1. The number of para-hydroxylation sites is 1. The molecule has 0 radical (unpaired) electrons. The predicted molar refractivity (Wildman–Crippen MR) is 144 cm³/mol. The van der Waals surface area contributed by atoms with Gasteiger partial charge in [0.2, 0.25) is 0 Å². The molecule has 4 rings (SSSR count). The van der Waals surface area contributed by atoms with Gasteiger partial charge in [0, 0.05) is 30.9 Å². The molecule has 0 unspecified atom stereocenters. The van der Waals surface area contributed by atoms with Gasteiger partial charge in [-0.1, -0.05) is 72.8 Å². The van der Waals surface area contributed by atoms with E-state index in [1.165, 1.54) is 43.6 Å². The Morgan fingerprint density at radius 2 is 1.00 bits per heavy atom. The number of hydrogen-bond acceptors (Lipinski definition) is 1. The van der Waals surface area contributed by atoms with Gasteiger partial charge in [0.1, 0.15) is 15.9 Å². The fraction of sp³-hybridized carbons (Fsp3) is 0.0769. The molecule has 0 saturated carbocycles. The normalized spacial score (nSPS) is 10.5. The van der Waals surface area contributed by atoms with Gasteiger partial charge in [-0.2, -0.15) is 0 Å². The molecule has 0 fully saturated rings. The average Bonchev–Trinajstić information content (AvgIpc) is 2.82. The number of nitrogens with zero attached hydrogens (tertiary/aromatic N) is 1. The zero-order chi connectivity index (χ0) is 22.1. The fourth-order valence-electron chi connectivity index (χ4n) is 3.71. The van der Waals surface area contributed by atoms with E-state index in [1.807, 2.05) is 0 Å². The summed E-state index contributed by atoms with van der Waals surface area (Å²) in [7, 11) is 4.36. The first-order valence-electron chi connectivity index (χ1n) is 9.83. The molecule has 0 bridgehead atoms. The number of rotatable bonds is 5. The van der Waals surface area contributed by atoms with Gasteiger partial charge in [-0.3, -0.25) is 0 Å². The first-order valence-corrected chi connectivity index (χ1v) is 16.2. The van der Waals surface area contributed by atoms with Crippen molar-refractivity contribution in [2.45, 2.75) is 0 Å². The van der Waals surface area contributed by atoms with Crippen molar-refractivity contribution in [2.24, 2.45) is 0 Å². The zero-order valence-corrected chi connectivity index (χ0v) is 22.6. The van der Waals surface area contributed by atoms with Crippen LogP contribution in [0.25, 0.3) is 11.1 Å². The number of halogens is 2. The number of benzene rings is 4. The van der Waals surface area contributed by atoms with Crippen molar-refractivity contribution >= 4 is 58.0 Å². The molecule has 0 aliphatic heterocycles. The molecule has 0 aromatic heterocycles. The van der Waals surface area contributed by atoms with Crippen molar-refractivity contribution in [1.82, 2.24) is 0 Å². The summed E-state index contributed by atoms with van der Waals surface area (Å²) in [5, 5.41) is 4.25. The second-order valence-electron chi connectivity index (χ2n) is 7.11. The van der Waals surface area contributed by atoms with Crippen LogP contribution in [-0.2, 0) is 10.9 Å². The minimum atomic E-state index is -1.11. The van der Waals surface area contributed by atoms with Crippen LogP contribution in [0.3, 0.4) is 0 Å². The Bertz CT molecular complexity index is 1040. The van der Waals surface area contributed by atoms with Gasteiger partial charge in [-0.05, 0) is 36.4 Å². The summed E-state index contributed by atoms with van der Waals surface area (Å²) in [6.07, 6.45) is 0. The van der Waals surface area contributed by atoms with Crippen molar-refractivity contribution in [1.29, 1.82) is 0 Å². The Morgan fingerprint density at radius 3 is 1.52 bits per heavy atom. The Labute approximate surface area is 207 Å². The van der Waals surface area contributed by atoms with Crippen LogP contribution < -0.4 is 20.8 Å². The summed E-state index contributed by atoms with van der Waals surface area (Å²) in [6, 6.07) is 39.5. The maximum absolute atomic E-state index is 3.00. The molecule has 31 heavy (non-hydrogen) atoms. The molecule has 0 spiro atoms. The van der Waals surface area contributed by atoms with E-state index in [9.17, 15) is 0 Å². The maximum atomic E-state index is 3.00. The van der Waals surface area contributed by atoms with Crippen molar-refractivity contribution in [3.8, 4) is 11.1 Å². The van der Waals surface area contributed by atoms with Gasteiger partial charge in [0.15, 0.2) is 0 Å². The summed E-state index contributed by atoms with van der Waals surface area (Å²) in [5.41, 5.74) is 3.86. The molecule has 0 saturated heterocycles. The van der Waals surface area contributed by atoms with Crippen LogP contribution in [0.5, 0.6) is 0 Å². The molecular weight excluding hydrogens is 576 g/mol. The van der Waals surface area contributed by atoms with E-state index in [0.717, 1.165) is 0 Å². The Hall–Kier alpha value is -1.44. The van der Waals surface area contributed by atoms with E-state index in [1.54, 1.807) is 0 Å². The van der Waals surface area contributed by atoms with Crippen LogP contribution >= 0.6 is 36.4 Å². The third-order valence-electron chi connectivity index (χ3n) is 5.00. The second-order valence-corrected chi connectivity index (χ2v) is 14.5. The SMILES string of the molecule is CN(C)c1ccccc1-c1ccccc1[PH+](c1ccccc1)c1ccccc1.[Br][Ni+][Br]. The number of hydrogen-bond donors (Lipinski definition) is 0. The first kappa shape index (κ1) is 24.2. The van der Waals surface area contributed by atoms with Crippen molar-refractivity contribution in [3.63, 3.8) is 0 Å². The predicted octanol–water partition coefficient (Wildman–Crippen LogP) is 6.60. The topological polar surface area (TPSA) is 3.24 Å². The van der Waals surface area contributed by atoms with E-state index in [4.69, 9.17) is 0 Å². The van der Waals surface area contributed by atoms with E-state index in [2.05, 4.69) is 157 Å². The van der Waals surface area contributed by atoms with Crippen LogP contribution in [0.2, 0.25) is 0 Å². The molecule has 0 heterocycles. The zero-order valence-electron chi connectivity index (χ0n) is 17.4. The van der Waals surface area contributed by atoms with E-state index >= 15 is 0 Å². The van der Waals surface area contributed by atoms with Gasteiger partial charge in [-0.15, -0.1) is 0 Å². The Morgan fingerprint density at radius 1 is 0.581 bits per heavy atom. The third kappa shape index (κ3) is 6.30. The van der Waals surface area contributed by atoms with E-state index in [0.29, 0.717) is 0 Å². The molecule has 4 aromatic rings. The van der Waals surface area contributed by atoms with Crippen molar-refractivity contribution < 1.29 is 10.9 Å². The van der Waals surface area contributed by atoms with E-state index in [-0.39, 0.29) is 0 Å². The molecule has 5 heteroatoms. The molecule has 4 aromatic carbocycles. The molecule has 0 aliphatic rings. The molecular formula is C26H25Br2NNiP+2. The van der Waals surface area contributed by atoms with Gasteiger partial charge in [0.05, 0.1) is 7.92 Å². The van der Waals surface area contributed by atoms with Gasteiger partial charge in [-0.25, -0.2) is 0 Å².